The molecular weight excluding hydrogens is 326 g/mol. The van der Waals surface area contributed by atoms with Crippen LogP contribution in [0.2, 0.25) is 0 Å². The molecule has 0 radical (unpaired) electrons. The molecule has 2 unspecified atom stereocenters. The van der Waals surface area contributed by atoms with Crippen LogP contribution in [0.25, 0.3) is 0 Å². The third-order valence-corrected chi connectivity index (χ3v) is 4.71. The van der Waals surface area contributed by atoms with E-state index >= 15 is 0 Å². The molecule has 136 valence electrons. The lowest BCUT2D eigenvalue weighted by Gasteiger charge is -2.44. The smallest absolute Gasteiger partial charge is 0.241 e. The van der Waals surface area contributed by atoms with Gasteiger partial charge in [-0.25, -0.2) is 0 Å². The Balaban J connectivity index is 0.00000288. The first-order chi connectivity index (χ1) is 10.8. The number of hydrogen-bond donors (Lipinski definition) is 2. The molecule has 2 rings (SSSR count). The molecule has 6 heteroatoms. The number of para-hydroxylation sites is 2. The summed E-state index contributed by atoms with van der Waals surface area (Å²) in [5.41, 5.74) is 6.93. The summed E-state index contributed by atoms with van der Waals surface area (Å²) in [4.78, 5) is 14.8. The van der Waals surface area contributed by atoms with Crippen LogP contribution in [0.15, 0.2) is 24.3 Å². The van der Waals surface area contributed by atoms with Crippen LogP contribution >= 0.6 is 12.4 Å². The molecule has 0 aliphatic carbocycles. The Morgan fingerprint density at radius 1 is 1.46 bits per heavy atom. The minimum Gasteiger partial charge on any atom is -0.492 e. The van der Waals surface area contributed by atoms with Crippen LogP contribution in [0, 0.1) is 5.41 Å². The SMILES string of the molecule is CCOc1ccccc1NC(=O)C(C)N1CCC(N)C(C)(C)C1.Cl. The minimum atomic E-state index is -0.198. The maximum absolute atomic E-state index is 12.6. The van der Waals surface area contributed by atoms with Gasteiger partial charge in [0.2, 0.25) is 5.91 Å². The number of nitrogens with one attached hydrogen (secondary N) is 1. The summed E-state index contributed by atoms with van der Waals surface area (Å²) in [5.74, 6) is 0.694. The van der Waals surface area contributed by atoms with Gasteiger partial charge in [0, 0.05) is 19.1 Å². The summed E-state index contributed by atoms with van der Waals surface area (Å²) in [6.45, 7) is 10.5. The number of carbonyl (C=O) groups excluding carboxylic acids is 1. The van der Waals surface area contributed by atoms with Crippen molar-refractivity contribution < 1.29 is 9.53 Å². The number of hydrogen-bond acceptors (Lipinski definition) is 4. The number of nitrogens with zero attached hydrogens (tertiary/aromatic N) is 1. The van der Waals surface area contributed by atoms with Crippen LogP contribution in [0.4, 0.5) is 5.69 Å². The largest absolute Gasteiger partial charge is 0.492 e. The topological polar surface area (TPSA) is 67.6 Å². The van der Waals surface area contributed by atoms with Crippen molar-refractivity contribution in [1.29, 1.82) is 0 Å². The molecule has 1 aromatic carbocycles. The molecule has 1 aromatic rings. The molecule has 1 aliphatic heterocycles. The van der Waals surface area contributed by atoms with E-state index in [4.69, 9.17) is 10.5 Å². The summed E-state index contributed by atoms with van der Waals surface area (Å²) in [7, 11) is 0. The van der Waals surface area contributed by atoms with Crippen molar-refractivity contribution in [3.05, 3.63) is 24.3 Å². The maximum Gasteiger partial charge on any atom is 0.241 e. The summed E-state index contributed by atoms with van der Waals surface area (Å²) < 4.78 is 5.57. The molecule has 3 N–H and O–H groups in total. The van der Waals surface area contributed by atoms with Gasteiger partial charge in [-0.3, -0.25) is 9.69 Å². The Morgan fingerprint density at radius 3 is 2.75 bits per heavy atom. The van der Waals surface area contributed by atoms with Gasteiger partial charge in [-0.1, -0.05) is 26.0 Å². The van der Waals surface area contributed by atoms with Gasteiger partial charge < -0.3 is 15.8 Å². The number of halogens is 1. The third kappa shape index (κ3) is 4.85. The fourth-order valence-corrected chi connectivity index (χ4v) is 3.00. The zero-order valence-electron chi connectivity index (χ0n) is 15.0. The van der Waals surface area contributed by atoms with Crippen molar-refractivity contribution in [2.75, 3.05) is 25.0 Å². The van der Waals surface area contributed by atoms with Gasteiger partial charge in [0.1, 0.15) is 5.75 Å². The van der Waals surface area contributed by atoms with Crippen LogP contribution in [-0.2, 0) is 4.79 Å². The monoisotopic (exact) mass is 355 g/mol. The number of carbonyl (C=O) groups is 1. The van der Waals surface area contributed by atoms with Gasteiger partial charge in [-0.05, 0) is 37.8 Å². The fraction of sp³-hybridized carbons (Fsp3) is 0.611. The van der Waals surface area contributed by atoms with Gasteiger partial charge >= 0.3 is 0 Å². The van der Waals surface area contributed by atoms with E-state index in [-0.39, 0.29) is 35.8 Å². The normalized spacial score (nSPS) is 21.5. The van der Waals surface area contributed by atoms with E-state index < -0.39 is 0 Å². The molecule has 0 aromatic heterocycles. The molecule has 1 aliphatic rings. The fourth-order valence-electron chi connectivity index (χ4n) is 3.00. The summed E-state index contributed by atoms with van der Waals surface area (Å²) >= 11 is 0. The number of amides is 1. The van der Waals surface area contributed by atoms with Gasteiger partial charge in [0.25, 0.3) is 0 Å². The average Bonchev–Trinajstić information content (AvgIpc) is 2.51. The van der Waals surface area contributed by atoms with Crippen LogP contribution < -0.4 is 15.8 Å². The van der Waals surface area contributed by atoms with Crippen molar-refractivity contribution in [2.24, 2.45) is 11.1 Å². The summed E-state index contributed by atoms with van der Waals surface area (Å²) in [6, 6.07) is 7.52. The molecular formula is C18H30ClN3O2. The van der Waals surface area contributed by atoms with E-state index in [0.717, 1.165) is 25.2 Å². The first kappa shape index (κ1) is 20.7. The van der Waals surface area contributed by atoms with Gasteiger partial charge in [-0.15, -0.1) is 12.4 Å². The molecule has 24 heavy (non-hydrogen) atoms. The first-order valence-corrected chi connectivity index (χ1v) is 8.37. The third-order valence-electron chi connectivity index (χ3n) is 4.71. The molecule has 5 nitrogen and oxygen atoms in total. The number of benzene rings is 1. The predicted octanol–water partition coefficient (Wildman–Crippen LogP) is 2.89. The average molecular weight is 356 g/mol. The van der Waals surface area contributed by atoms with Crippen molar-refractivity contribution in [3.8, 4) is 5.75 Å². The van der Waals surface area contributed by atoms with Gasteiger partial charge in [-0.2, -0.15) is 0 Å². The Hall–Kier alpha value is -1.30. The Bertz CT molecular complexity index is 551. The second-order valence-electron chi connectivity index (χ2n) is 6.95. The van der Waals surface area contributed by atoms with Crippen molar-refractivity contribution in [1.82, 2.24) is 4.90 Å². The first-order valence-electron chi connectivity index (χ1n) is 8.37. The zero-order valence-corrected chi connectivity index (χ0v) is 15.9. The standard InChI is InChI=1S/C18H29N3O2.ClH/c1-5-23-15-9-7-6-8-14(15)20-17(22)13(2)21-11-10-16(19)18(3,4)12-21;/h6-9,13,16H,5,10-12,19H2,1-4H3,(H,20,22);1H. The van der Waals surface area contributed by atoms with E-state index in [1.165, 1.54) is 0 Å². The lowest BCUT2D eigenvalue weighted by Crippen LogP contribution is -2.56. The van der Waals surface area contributed by atoms with Crippen LogP contribution in [0.1, 0.15) is 34.1 Å². The Kier molecular flexibility index (Phi) is 7.52. The highest BCUT2D eigenvalue weighted by Gasteiger charge is 2.36. The Labute approximate surface area is 151 Å². The molecule has 1 fully saturated rings. The van der Waals surface area contributed by atoms with Crippen molar-refractivity contribution >= 4 is 24.0 Å². The van der Waals surface area contributed by atoms with Crippen molar-refractivity contribution in [2.45, 2.75) is 46.2 Å². The lowest BCUT2D eigenvalue weighted by molar-refractivity contribution is -0.122. The number of anilines is 1. The van der Waals surface area contributed by atoms with E-state index in [1.807, 2.05) is 38.1 Å². The van der Waals surface area contributed by atoms with Crippen LogP contribution in [0.3, 0.4) is 0 Å². The number of nitrogens with two attached hydrogens (primary N) is 1. The van der Waals surface area contributed by atoms with E-state index in [2.05, 4.69) is 24.1 Å². The second-order valence-corrected chi connectivity index (χ2v) is 6.95. The van der Waals surface area contributed by atoms with E-state index in [0.29, 0.717) is 12.4 Å². The number of rotatable bonds is 5. The highest BCUT2D eigenvalue weighted by Crippen LogP contribution is 2.29. The Morgan fingerprint density at radius 2 is 2.12 bits per heavy atom. The predicted molar refractivity (Wildman–Crippen MR) is 101 cm³/mol. The number of piperidine rings is 1. The van der Waals surface area contributed by atoms with Gasteiger partial charge in [0.15, 0.2) is 0 Å². The summed E-state index contributed by atoms with van der Waals surface area (Å²) in [5, 5.41) is 2.99. The molecule has 0 saturated carbocycles. The lowest BCUT2D eigenvalue weighted by atomic mass is 9.79. The molecule has 1 saturated heterocycles. The molecule has 1 amide bonds. The van der Waals surface area contributed by atoms with Crippen molar-refractivity contribution in [3.63, 3.8) is 0 Å². The van der Waals surface area contributed by atoms with E-state index in [1.54, 1.807) is 0 Å². The van der Waals surface area contributed by atoms with Crippen LogP contribution in [-0.4, -0.2) is 42.6 Å². The molecule has 0 spiro atoms. The zero-order chi connectivity index (χ0) is 17.0. The second kappa shape index (κ2) is 8.70. The molecule has 2 atom stereocenters. The van der Waals surface area contributed by atoms with Crippen LogP contribution in [0.5, 0.6) is 5.75 Å². The van der Waals surface area contributed by atoms with E-state index in [9.17, 15) is 4.79 Å². The maximum atomic E-state index is 12.6. The number of ether oxygens (including phenoxy) is 1. The summed E-state index contributed by atoms with van der Waals surface area (Å²) in [6.07, 6.45) is 0.917. The van der Waals surface area contributed by atoms with Gasteiger partial charge in [0.05, 0.1) is 18.3 Å². The molecule has 0 bridgehead atoms. The highest BCUT2D eigenvalue weighted by atomic mass is 35.5. The minimum absolute atomic E-state index is 0. The highest BCUT2D eigenvalue weighted by molar-refractivity contribution is 5.95. The number of likely N-dealkylation sites (tertiary alicyclic amines) is 1. The quantitative estimate of drug-likeness (QED) is 0.852. The molecule has 1 heterocycles.